The van der Waals surface area contributed by atoms with Crippen LogP contribution in [0.2, 0.25) is 0 Å². The Morgan fingerprint density at radius 1 is 1.56 bits per heavy atom. The van der Waals surface area contributed by atoms with Crippen molar-refractivity contribution < 1.29 is 9.53 Å². The van der Waals surface area contributed by atoms with Gasteiger partial charge in [-0.25, -0.2) is 0 Å². The smallest absolute Gasteiger partial charge is 0.241 e. The maximum atomic E-state index is 11.5. The Morgan fingerprint density at radius 2 is 2.31 bits per heavy atom. The quantitative estimate of drug-likeness (QED) is 0.793. The summed E-state index contributed by atoms with van der Waals surface area (Å²) in [5.74, 6) is -0.155. The van der Waals surface area contributed by atoms with Gasteiger partial charge in [-0.15, -0.1) is 0 Å². The fourth-order valence-electron chi connectivity index (χ4n) is 1.33. The highest BCUT2D eigenvalue weighted by Gasteiger charge is 2.10. The van der Waals surface area contributed by atoms with Gasteiger partial charge in [-0.1, -0.05) is 19.1 Å². The lowest BCUT2D eigenvalue weighted by atomic mass is 10.2. The summed E-state index contributed by atoms with van der Waals surface area (Å²) in [7, 11) is 1.64. The molecule has 0 aliphatic heterocycles. The molecule has 0 aliphatic rings. The minimum atomic E-state index is -0.453. The number of nitrogens with one attached hydrogen (secondary N) is 1. The van der Waals surface area contributed by atoms with Crippen LogP contribution in [-0.2, 0) is 16.1 Å². The third-order valence-corrected chi connectivity index (χ3v) is 2.28. The SMILES string of the molecule is CC[C@@H](N)C(=O)Nc1cccc(COC)c1. The van der Waals surface area contributed by atoms with Crippen molar-refractivity contribution in [3.05, 3.63) is 29.8 Å². The van der Waals surface area contributed by atoms with Crippen molar-refractivity contribution in [2.24, 2.45) is 5.73 Å². The van der Waals surface area contributed by atoms with Gasteiger partial charge in [-0.05, 0) is 24.1 Å². The Labute approximate surface area is 95.8 Å². The topological polar surface area (TPSA) is 64.4 Å². The molecular weight excluding hydrogens is 204 g/mol. The summed E-state index contributed by atoms with van der Waals surface area (Å²) >= 11 is 0. The zero-order chi connectivity index (χ0) is 12.0. The first-order valence-corrected chi connectivity index (χ1v) is 5.31. The van der Waals surface area contributed by atoms with E-state index in [4.69, 9.17) is 10.5 Å². The number of benzene rings is 1. The van der Waals surface area contributed by atoms with E-state index in [0.29, 0.717) is 13.0 Å². The summed E-state index contributed by atoms with van der Waals surface area (Å²) in [6, 6.07) is 7.08. The summed E-state index contributed by atoms with van der Waals surface area (Å²) < 4.78 is 5.02. The number of amides is 1. The first-order chi connectivity index (χ1) is 7.67. The molecule has 3 N–H and O–H groups in total. The zero-order valence-corrected chi connectivity index (χ0v) is 9.69. The number of nitrogens with two attached hydrogens (primary N) is 1. The molecule has 0 radical (unpaired) electrons. The number of ether oxygens (including phenoxy) is 1. The van der Waals surface area contributed by atoms with E-state index in [1.807, 2.05) is 31.2 Å². The summed E-state index contributed by atoms with van der Waals surface area (Å²) in [5, 5.41) is 2.77. The Balaban J connectivity index is 2.66. The van der Waals surface area contributed by atoms with Crippen LogP contribution in [0.1, 0.15) is 18.9 Å². The van der Waals surface area contributed by atoms with E-state index >= 15 is 0 Å². The molecule has 1 amide bonds. The summed E-state index contributed by atoms with van der Waals surface area (Å²) in [6.07, 6.45) is 0.629. The van der Waals surface area contributed by atoms with E-state index in [-0.39, 0.29) is 5.91 Å². The highest BCUT2D eigenvalue weighted by molar-refractivity contribution is 5.94. The fraction of sp³-hybridized carbons (Fsp3) is 0.417. The highest BCUT2D eigenvalue weighted by Crippen LogP contribution is 2.11. The van der Waals surface area contributed by atoms with Crippen LogP contribution in [0.15, 0.2) is 24.3 Å². The molecule has 1 atom stereocenters. The Morgan fingerprint density at radius 3 is 2.94 bits per heavy atom. The van der Waals surface area contributed by atoms with Gasteiger partial charge in [0, 0.05) is 12.8 Å². The van der Waals surface area contributed by atoms with E-state index in [1.54, 1.807) is 7.11 Å². The standard InChI is InChI=1S/C12H18N2O2/c1-3-11(13)12(15)14-10-6-4-5-9(7-10)8-16-2/h4-7,11H,3,8,13H2,1-2H3,(H,14,15)/t11-/m1/s1. The molecule has 0 aromatic heterocycles. The molecule has 0 fully saturated rings. The first kappa shape index (κ1) is 12.7. The van der Waals surface area contributed by atoms with Crippen LogP contribution in [-0.4, -0.2) is 19.1 Å². The largest absolute Gasteiger partial charge is 0.380 e. The number of rotatable bonds is 5. The number of hydrogen-bond acceptors (Lipinski definition) is 3. The minimum Gasteiger partial charge on any atom is -0.380 e. The molecule has 0 bridgehead atoms. The van der Waals surface area contributed by atoms with Crippen molar-refractivity contribution in [3.63, 3.8) is 0 Å². The van der Waals surface area contributed by atoms with Crippen LogP contribution in [0.5, 0.6) is 0 Å². The molecule has 0 heterocycles. The van der Waals surface area contributed by atoms with Crippen molar-refractivity contribution in [3.8, 4) is 0 Å². The lowest BCUT2D eigenvalue weighted by molar-refractivity contribution is -0.117. The molecule has 1 aromatic carbocycles. The van der Waals surface area contributed by atoms with Crippen molar-refractivity contribution in [2.45, 2.75) is 26.0 Å². The molecule has 4 heteroatoms. The Bertz CT molecular complexity index is 353. The van der Waals surface area contributed by atoms with Crippen molar-refractivity contribution >= 4 is 11.6 Å². The van der Waals surface area contributed by atoms with Gasteiger partial charge in [0.15, 0.2) is 0 Å². The Hall–Kier alpha value is -1.39. The predicted octanol–water partition coefficient (Wildman–Crippen LogP) is 1.51. The van der Waals surface area contributed by atoms with Gasteiger partial charge in [-0.3, -0.25) is 4.79 Å². The van der Waals surface area contributed by atoms with Crippen molar-refractivity contribution in [1.82, 2.24) is 0 Å². The van der Waals surface area contributed by atoms with E-state index in [1.165, 1.54) is 0 Å². The van der Waals surface area contributed by atoms with Crippen LogP contribution in [0.3, 0.4) is 0 Å². The zero-order valence-electron chi connectivity index (χ0n) is 9.69. The molecule has 4 nitrogen and oxygen atoms in total. The molecule has 0 unspecified atom stereocenters. The molecule has 1 aromatic rings. The number of methoxy groups -OCH3 is 1. The maximum Gasteiger partial charge on any atom is 0.241 e. The molecule has 0 spiro atoms. The third kappa shape index (κ3) is 3.64. The number of anilines is 1. The van der Waals surface area contributed by atoms with Crippen LogP contribution in [0.25, 0.3) is 0 Å². The number of carbonyl (C=O) groups excluding carboxylic acids is 1. The van der Waals surface area contributed by atoms with E-state index in [2.05, 4.69) is 5.32 Å². The second kappa shape index (κ2) is 6.25. The molecular formula is C12H18N2O2. The highest BCUT2D eigenvalue weighted by atomic mass is 16.5. The monoisotopic (exact) mass is 222 g/mol. The van der Waals surface area contributed by atoms with E-state index in [9.17, 15) is 4.79 Å². The number of carbonyl (C=O) groups is 1. The van der Waals surface area contributed by atoms with Gasteiger partial charge in [0.25, 0.3) is 0 Å². The molecule has 0 saturated heterocycles. The Kier molecular flexibility index (Phi) is 4.95. The van der Waals surface area contributed by atoms with Crippen LogP contribution in [0.4, 0.5) is 5.69 Å². The minimum absolute atomic E-state index is 0.155. The van der Waals surface area contributed by atoms with Gasteiger partial charge >= 0.3 is 0 Å². The number of hydrogen-bond donors (Lipinski definition) is 2. The fourth-order valence-corrected chi connectivity index (χ4v) is 1.33. The van der Waals surface area contributed by atoms with Crippen LogP contribution >= 0.6 is 0 Å². The lowest BCUT2D eigenvalue weighted by Gasteiger charge is -2.10. The van der Waals surface area contributed by atoms with Gasteiger partial charge in [0.1, 0.15) is 0 Å². The molecule has 16 heavy (non-hydrogen) atoms. The summed E-state index contributed by atoms with van der Waals surface area (Å²) in [4.78, 5) is 11.5. The predicted molar refractivity (Wildman–Crippen MR) is 64.1 cm³/mol. The van der Waals surface area contributed by atoms with Gasteiger partial charge in [0.05, 0.1) is 12.6 Å². The first-order valence-electron chi connectivity index (χ1n) is 5.31. The second-order valence-corrected chi connectivity index (χ2v) is 3.64. The van der Waals surface area contributed by atoms with Gasteiger partial charge < -0.3 is 15.8 Å². The van der Waals surface area contributed by atoms with Crippen LogP contribution < -0.4 is 11.1 Å². The van der Waals surface area contributed by atoms with Crippen molar-refractivity contribution in [1.29, 1.82) is 0 Å². The second-order valence-electron chi connectivity index (χ2n) is 3.64. The maximum absolute atomic E-state index is 11.5. The lowest BCUT2D eigenvalue weighted by Crippen LogP contribution is -2.34. The molecule has 88 valence electrons. The average Bonchev–Trinajstić information content (AvgIpc) is 2.29. The molecule has 1 rings (SSSR count). The van der Waals surface area contributed by atoms with Gasteiger partial charge in [-0.2, -0.15) is 0 Å². The molecule has 0 saturated carbocycles. The summed E-state index contributed by atoms with van der Waals surface area (Å²) in [5.41, 5.74) is 7.40. The normalized spacial score (nSPS) is 12.2. The molecule has 0 aliphatic carbocycles. The van der Waals surface area contributed by atoms with E-state index in [0.717, 1.165) is 11.3 Å². The van der Waals surface area contributed by atoms with Crippen LogP contribution in [0, 0.1) is 0 Å². The third-order valence-electron chi connectivity index (χ3n) is 2.28. The van der Waals surface area contributed by atoms with Crippen molar-refractivity contribution in [2.75, 3.05) is 12.4 Å². The summed E-state index contributed by atoms with van der Waals surface area (Å²) in [6.45, 7) is 2.41. The van der Waals surface area contributed by atoms with Gasteiger partial charge in [0.2, 0.25) is 5.91 Å². The average molecular weight is 222 g/mol. The van der Waals surface area contributed by atoms with E-state index < -0.39 is 6.04 Å².